The molecule has 4 nitrogen and oxygen atoms in total. The molecule has 2 aromatic rings. The Kier molecular flexibility index (Phi) is 4.51. The van der Waals surface area contributed by atoms with E-state index in [1.54, 1.807) is 37.3 Å². The molecule has 0 radical (unpaired) electrons. The first kappa shape index (κ1) is 15.4. The average molecular weight is 321 g/mol. The molecule has 0 bridgehead atoms. The van der Waals surface area contributed by atoms with Crippen LogP contribution in [0.4, 0.5) is 5.69 Å². The number of hydrogen-bond acceptors (Lipinski definition) is 3. The third-order valence-corrected chi connectivity index (χ3v) is 4.82. The minimum Gasteiger partial charge on any atom is -0.279 e. The van der Waals surface area contributed by atoms with Gasteiger partial charge in [0.15, 0.2) is 0 Å². The Balaban J connectivity index is 2.30. The Hall–Kier alpha value is -2.03. The fourth-order valence-corrected chi connectivity index (χ4v) is 3.10. The van der Waals surface area contributed by atoms with Crippen LogP contribution in [0.1, 0.15) is 11.1 Å². The molecule has 0 aliphatic rings. The van der Waals surface area contributed by atoms with E-state index in [-0.39, 0.29) is 11.3 Å². The third kappa shape index (κ3) is 3.54. The highest BCUT2D eigenvalue weighted by molar-refractivity contribution is 7.92. The van der Waals surface area contributed by atoms with E-state index < -0.39 is 10.0 Å². The van der Waals surface area contributed by atoms with Gasteiger partial charge < -0.3 is 0 Å². The van der Waals surface area contributed by atoms with Gasteiger partial charge in [-0.3, -0.25) is 4.72 Å². The first-order valence-electron chi connectivity index (χ1n) is 6.18. The Morgan fingerprint density at radius 3 is 2.48 bits per heavy atom. The fourth-order valence-electron chi connectivity index (χ4n) is 1.80. The van der Waals surface area contributed by atoms with Crippen molar-refractivity contribution >= 4 is 27.3 Å². The zero-order valence-corrected chi connectivity index (χ0v) is 12.9. The molecule has 108 valence electrons. The summed E-state index contributed by atoms with van der Waals surface area (Å²) in [7, 11) is -3.68. The van der Waals surface area contributed by atoms with E-state index in [1.807, 2.05) is 6.07 Å². The van der Waals surface area contributed by atoms with Crippen molar-refractivity contribution in [3.05, 3.63) is 58.6 Å². The lowest BCUT2D eigenvalue weighted by atomic mass is 10.2. The molecule has 0 heterocycles. The number of nitriles is 1. The second-order valence-electron chi connectivity index (χ2n) is 4.50. The van der Waals surface area contributed by atoms with Gasteiger partial charge in [0.2, 0.25) is 0 Å². The Bertz CT molecular complexity index is 793. The summed E-state index contributed by atoms with van der Waals surface area (Å²) in [5.41, 5.74) is 1.89. The molecular weight excluding hydrogens is 308 g/mol. The van der Waals surface area contributed by atoms with Crippen LogP contribution in [-0.4, -0.2) is 8.42 Å². The van der Waals surface area contributed by atoms with E-state index in [2.05, 4.69) is 4.72 Å². The van der Waals surface area contributed by atoms with Crippen LogP contribution in [0.3, 0.4) is 0 Å². The molecule has 0 aliphatic carbocycles. The zero-order valence-electron chi connectivity index (χ0n) is 11.3. The van der Waals surface area contributed by atoms with E-state index in [9.17, 15) is 8.42 Å². The lowest BCUT2D eigenvalue weighted by Gasteiger charge is -2.11. The Morgan fingerprint density at radius 2 is 1.86 bits per heavy atom. The van der Waals surface area contributed by atoms with Gasteiger partial charge in [-0.05, 0) is 42.3 Å². The van der Waals surface area contributed by atoms with Crippen molar-refractivity contribution in [2.75, 3.05) is 4.72 Å². The average Bonchev–Trinajstić information content (AvgIpc) is 2.45. The highest BCUT2D eigenvalue weighted by Crippen LogP contribution is 2.25. The van der Waals surface area contributed by atoms with Gasteiger partial charge in [-0.1, -0.05) is 29.8 Å². The predicted octanol–water partition coefficient (Wildman–Crippen LogP) is 3.52. The summed E-state index contributed by atoms with van der Waals surface area (Å²) in [6.45, 7) is 1.75. The monoisotopic (exact) mass is 320 g/mol. The number of nitrogens with zero attached hydrogens (tertiary/aromatic N) is 1. The van der Waals surface area contributed by atoms with Crippen molar-refractivity contribution in [3.63, 3.8) is 0 Å². The van der Waals surface area contributed by atoms with Crippen LogP contribution in [0, 0.1) is 18.3 Å². The number of nitrogens with one attached hydrogen (secondary N) is 1. The summed E-state index contributed by atoms with van der Waals surface area (Å²) < 4.78 is 27.1. The summed E-state index contributed by atoms with van der Waals surface area (Å²) in [5, 5.41) is 9.11. The van der Waals surface area contributed by atoms with Crippen LogP contribution in [0.25, 0.3) is 0 Å². The molecule has 0 fully saturated rings. The molecule has 2 rings (SSSR count). The highest BCUT2D eigenvalue weighted by atomic mass is 35.5. The van der Waals surface area contributed by atoms with Crippen molar-refractivity contribution in [2.24, 2.45) is 0 Å². The van der Waals surface area contributed by atoms with Crippen molar-refractivity contribution in [2.45, 2.75) is 18.2 Å². The van der Waals surface area contributed by atoms with E-state index >= 15 is 0 Å². The molecule has 6 heteroatoms. The van der Waals surface area contributed by atoms with Gasteiger partial charge in [0.1, 0.15) is 0 Å². The topological polar surface area (TPSA) is 70.0 Å². The zero-order chi connectivity index (χ0) is 15.5. The molecule has 0 atom stereocenters. The Labute approximate surface area is 129 Å². The van der Waals surface area contributed by atoms with Gasteiger partial charge in [-0.15, -0.1) is 0 Å². The summed E-state index contributed by atoms with van der Waals surface area (Å²) in [6.07, 6.45) is 0.251. The van der Waals surface area contributed by atoms with E-state index in [0.717, 1.165) is 5.56 Å². The van der Waals surface area contributed by atoms with Gasteiger partial charge in [0, 0.05) is 5.02 Å². The van der Waals surface area contributed by atoms with Gasteiger partial charge in [-0.2, -0.15) is 5.26 Å². The first-order valence-corrected chi connectivity index (χ1v) is 8.04. The molecular formula is C15H13ClN2O2S. The largest absolute Gasteiger partial charge is 0.279 e. The number of rotatable bonds is 4. The number of sulfonamides is 1. The minimum absolute atomic E-state index is 0.142. The first-order chi connectivity index (χ1) is 9.94. The molecule has 2 aromatic carbocycles. The molecule has 1 N–H and O–H groups in total. The van der Waals surface area contributed by atoms with E-state index in [4.69, 9.17) is 16.9 Å². The van der Waals surface area contributed by atoms with Crippen LogP contribution in [0.15, 0.2) is 47.4 Å². The molecule has 0 saturated heterocycles. The summed E-state index contributed by atoms with van der Waals surface area (Å²) in [5.74, 6) is 0. The molecule has 0 amide bonds. The minimum atomic E-state index is -3.68. The lowest BCUT2D eigenvalue weighted by Crippen LogP contribution is -2.13. The quantitative estimate of drug-likeness (QED) is 0.937. The van der Waals surface area contributed by atoms with Crippen molar-refractivity contribution in [1.29, 1.82) is 5.26 Å². The maximum absolute atomic E-state index is 12.3. The van der Waals surface area contributed by atoms with E-state index in [1.165, 1.54) is 12.1 Å². The van der Waals surface area contributed by atoms with Gasteiger partial charge in [0.25, 0.3) is 10.0 Å². The maximum atomic E-state index is 12.3. The van der Waals surface area contributed by atoms with Crippen LogP contribution < -0.4 is 4.72 Å². The van der Waals surface area contributed by atoms with Crippen LogP contribution >= 0.6 is 11.6 Å². The summed E-state index contributed by atoms with van der Waals surface area (Å²) in [6, 6.07) is 13.3. The third-order valence-electron chi connectivity index (χ3n) is 3.03. The maximum Gasteiger partial charge on any atom is 0.261 e. The smallest absolute Gasteiger partial charge is 0.261 e. The molecule has 0 aromatic heterocycles. The lowest BCUT2D eigenvalue weighted by molar-refractivity contribution is 0.601. The van der Waals surface area contributed by atoms with Crippen molar-refractivity contribution < 1.29 is 8.42 Å². The molecule has 0 saturated carbocycles. The SMILES string of the molecule is Cc1c(Cl)cccc1NS(=O)(=O)c1ccc(CC#N)cc1. The molecule has 0 aliphatic heterocycles. The normalized spacial score (nSPS) is 10.9. The molecule has 0 unspecified atom stereocenters. The second-order valence-corrected chi connectivity index (χ2v) is 6.59. The van der Waals surface area contributed by atoms with Crippen LogP contribution in [0.5, 0.6) is 0 Å². The van der Waals surface area contributed by atoms with Crippen LogP contribution in [0.2, 0.25) is 5.02 Å². The van der Waals surface area contributed by atoms with Gasteiger partial charge in [0.05, 0.1) is 23.1 Å². The van der Waals surface area contributed by atoms with Gasteiger partial charge >= 0.3 is 0 Å². The van der Waals surface area contributed by atoms with Gasteiger partial charge in [-0.25, -0.2) is 8.42 Å². The number of hydrogen-bond donors (Lipinski definition) is 1. The second kappa shape index (κ2) is 6.17. The number of benzene rings is 2. The van der Waals surface area contributed by atoms with E-state index in [0.29, 0.717) is 16.3 Å². The standard InChI is InChI=1S/C15H13ClN2O2S/c1-11-14(16)3-2-4-15(11)18-21(19,20)13-7-5-12(6-8-13)9-10-17/h2-8,18H,9H2,1H3. The predicted molar refractivity (Wildman–Crippen MR) is 82.8 cm³/mol. The van der Waals surface area contributed by atoms with Crippen molar-refractivity contribution in [3.8, 4) is 6.07 Å². The Morgan fingerprint density at radius 1 is 1.19 bits per heavy atom. The van der Waals surface area contributed by atoms with Crippen LogP contribution in [-0.2, 0) is 16.4 Å². The number of halogens is 1. The highest BCUT2D eigenvalue weighted by Gasteiger charge is 2.15. The fraction of sp³-hybridized carbons (Fsp3) is 0.133. The molecule has 21 heavy (non-hydrogen) atoms. The summed E-state index contributed by atoms with van der Waals surface area (Å²) in [4.78, 5) is 0.142. The molecule has 0 spiro atoms. The number of anilines is 1. The van der Waals surface area contributed by atoms with Crippen molar-refractivity contribution in [1.82, 2.24) is 0 Å². The summed E-state index contributed by atoms with van der Waals surface area (Å²) >= 11 is 5.98.